The first-order valence-electron chi connectivity index (χ1n) is 5.84. The van der Waals surface area contributed by atoms with Crippen molar-refractivity contribution in [2.24, 2.45) is 0 Å². The Morgan fingerprint density at radius 2 is 1.95 bits per heavy atom. The van der Waals surface area contributed by atoms with Gasteiger partial charge in [0.25, 0.3) is 0 Å². The molecule has 104 valence electrons. The second-order valence-electron chi connectivity index (χ2n) is 4.92. The summed E-state index contributed by atoms with van der Waals surface area (Å²) in [4.78, 5) is 10.9. The summed E-state index contributed by atoms with van der Waals surface area (Å²) in [6.45, 7) is 3.95. The third-order valence-electron chi connectivity index (χ3n) is 3.04. The number of hydrogen-bond acceptors (Lipinski definition) is 4. The van der Waals surface area contributed by atoms with Crippen LogP contribution in [0, 0.1) is 5.82 Å². The first kappa shape index (κ1) is 13.8. The van der Waals surface area contributed by atoms with Gasteiger partial charge in [-0.05, 0) is 26.0 Å². The van der Waals surface area contributed by atoms with Crippen molar-refractivity contribution < 1.29 is 28.9 Å². The normalized spacial score (nSPS) is 19.3. The lowest BCUT2D eigenvalue weighted by Crippen LogP contribution is -2.38. The number of carbonyl (C=O) groups is 1. The van der Waals surface area contributed by atoms with E-state index in [-0.39, 0.29) is 24.3 Å². The zero-order valence-corrected chi connectivity index (χ0v) is 10.6. The maximum absolute atomic E-state index is 13.5. The van der Waals surface area contributed by atoms with Gasteiger partial charge in [-0.15, -0.1) is 0 Å². The van der Waals surface area contributed by atoms with Crippen LogP contribution >= 0.6 is 0 Å². The second-order valence-corrected chi connectivity index (χ2v) is 4.92. The molecule has 1 heterocycles. The summed E-state index contributed by atoms with van der Waals surface area (Å²) in [5.74, 6) is -3.89. The average molecular weight is 270 g/mol. The van der Waals surface area contributed by atoms with Crippen LogP contribution in [0.25, 0.3) is 0 Å². The lowest BCUT2D eigenvalue weighted by atomic mass is 9.96. The van der Waals surface area contributed by atoms with Gasteiger partial charge in [-0.1, -0.05) is 0 Å². The summed E-state index contributed by atoms with van der Waals surface area (Å²) in [6.07, 6.45) is 0. The molecule has 6 heteroatoms. The second kappa shape index (κ2) is 4.79. The molecule has 2 N–H and O–H groups in total. The van der Waals surface area contributed by atoms with E-state index in [1.807, 2.05) is 0 Å². The number of phenols is 1. The van der Waals surface area contributed by atoms with Gasteiger partial charge in [0.15, 0.2) is 17.4 Å². The van der Waals surface area contributed by atoms with Crippen molar-refractivity contribution in [1.82, 2.24) is 0 Å². The van der Waals surface area contributed by atoms with Gasteiger partial charge in [0.05, 0.1) is 18.8 Å². The molecule has 1 aromatic rings. The van der Waals surface area contributed by atoms with Crippen molar-refractivity contribution in [2.45, 2.75) is 25.6 Å². The molecule has 0 unspecified atom stereocenters. The molecule has 0 aliphatic carbocycles. The predicted molar refractivity (Wildman–Crippen MR) is 63.7 cm³/mol. The Morgan fingerprint density at radius 1 is 1.37 bits per heavy atom. The van der Waals surface area contributed by atoms with Gasteiger partial charge in [-0.2, -0.15) is 0 Å². The first-order chi connectivity index (χ1) is 8.80. The van der Waals surface area contributed by atoms with Gasteiger partial charge in [-0.3, -0.25) is 0 Å². The molecule has 0 bridgehead atoms. The number of carboxylic acids is 1. The molecule has 1 saturated heterocycles. The van der Waals surface area contributed by atoms with E-state index in [1.54, 1.807) is 13.8 Å². The van der Waals surface area contributed by atoms with Gasteiger partial charge < -0.3 is 19.7 Å². The highest BCUT2D eigenvalue weighted by atomic mass is 19.1. The predicted octanol–water partition coefficient (Wildman–Crippen LogP) is 2.10. The fourth-order valence-corrected chi connectivity index (χ4v) is 1.93. The van der Waals surface area contributed by atoms with Crippen molar-refractivity contribution in [1.29, 1.82) is 0 Å². The fraction of sp³-hybridized carbons (Fsp3) is 0.462. The highest BCUT2D eigenvalue weighted by molar-refractivity contribution is 5.88. The van der Waals surface area contributed by atoms with Crippen molar-refractivity contribution >= 4 is 5.97 Å². The third-order valence-corrected chi connectivity index (χ3v) is 3.04. The van der Waals surface area contributed by atoms with E-state index in [0.29, 0.717) is 0 Å². The number of rotatable bonds is 2. The zero-order chi connectivity index (χ0) is 14.2. The largest absolute Gasteiger partial charge is 0.505 e. The molecule has 0 radical (unpaired) electrons. The third kappa shape index (κ3) is 2.85. The molecular formula is C13H15FO5. The van der Waals surface area contributed by atoms with Gasteiger partial charge in [0.1, 0.15) is 0 Å². The molecule has 1 fully saturated rings. The van der Waals surface area contributed by atoms with Crippen LogP contribution in [0.4, 0.5) is 4.39 Å². The van der Waals surface area contributed by atoms with Crippen LogP contribution in [0.1, 0.15) is 35.7 Å². The summed E-state index contributed by atoms with van der Waals surface area (Å²) in [6, 6.07) is 2.03. The van der Waals surface area contributed by atoms with Gasteiger partial charge in [-0.25, -0.2) is 9.18 Å². The zero-order valence-electron chi connectivity index (χ0n) is 10.6. The molecule has 1 aliphatic rings. The first-order valence-corrected chi connectivity index (χ1v) is 5.84. The molecule has 2 rings (SSSR count). The molecule has 5 nitrogen and oxygen atoms in total. The lowest BCUT2D eigenvalue weighted by molar-refractivity contribution is -0.251. The summed E-state index contributed by atoms with van der Waals surface area (Å²) in [5, 5.41) is 18.6. The Balaban J connectivity index is 2.32. The van der Waals surface area contributed by atoms with E-state index in [2.05, 4.69) is 0 Å². The van der Waals surface area contributed by atoms with Crippen LogP contribution in [-0.2, 0) is 9.47 Å². The lowest BCUT2D eigenvalue weighted by Gasteiger charge is -2.35. The minimum absolute atomic E-state index is 0.188. The van der Waals surface area contributed by atoms with Crippen molar-refractivity contribution in [3.8, 4) is 5.75 Å². The Labute approximate surface area is 109 Å². The van der Waals surface area contributed by atoms with E-state index in [0.717, 1.165) is 6.07 Å². The van der Waals surface area contributed by atoms with Crippen LogP contribution in [0.5, 0.6) is 5.75 Å². The SMILES string of the molecule is CC1(C)OCC(c2cc(C(=O)O)cc(F)c2O)CO1. The highest BCUT2D eigenvalue weighted by Crippen LogP contribution is 2.34. The Hall–Kier alpha value is -1.66. The molecule has 0 aromatic heterocycles. The molecule has 1 aromatic carbocycles. The molecule has 0 atom stereocenters. The van der Waals surface area contributed by atoms with E-state index in [9.17, 15) is 14.3 Å². The smallest absolute Gasteiger partial charge is 0.335 e. The Kier molecular flexibility index (Phi) is 3.47. The molecule has 0 amide bonds. The number of phenolic OH excluding ortho intramolecular Hbond substituents is 1. The van der Waals surface area contributed by atoms with E-state index in [1.165, 1.54) is 6.07 Å². The van der Waals surface area contributed by atoms with Crippen molar-refractivity contribution in [2.75, 3.05) is 13.2 Å². The van der Waals surface area contributed by atoms with Crippen LogP contribution in [0.2, 0.25) is 0 Å². The topological polar surface area (TPSA) is 76.0 Å². The summed E-state index contributed by atoms with van der Waals surface area (Å²) >= 11 is 0. The quantitative estimate of drug-likeness (QED) is 0.860. The van der Waals surface area contributed by atoms with Crippen LogP contribution in [0.15, 0.2) is 12.1 Å². The van der Waals surface area contributed by atoms with Gasteiger partial charge >= 0.3 is 5.97 Å². The summed E-state index contributed by atoms with van der Waals surface area (Å²) in [5.41, 5.74) is -0.0250. The van der Waals surface area contributed by atoms with Crippen molar-refractivity contribution in [3.63, 3.8) is 0 Å². The number of carboxylic acid groups (broad SMARTS) is 1. The fourth-order valence-electron chi connectivity index (χ4n) is 1.93. The maximum atomic E-state index is 13.5. The van der Waals surface area contributed by atoms with Crippen LogP contribution in [-0.4, -0.2) is 35.2 Å². The number of benzene rings is 1. The summed E-state index contributed by atoms with van der Waals surface area (Å²) < 4.78 is 24.4. The number of halogens is 1. The molecule has 19 heavy (non-hydrogen) atoms. The van der Waals surface area contributed by atoms with Crippen LogP contribution in [0.3, 0.4) is 0 Å². The minimum atomic E-state index is -1.25. The highest BCUT2D eigenvalue weighted by Gasteiger charge is 2.31. The van der Waals surface area contributed by atoms with Crippen molar-refractivity contribution in [3.05, 3.63) is 29.1 Å². The number of ether oxygens (including phenoxy) is 2. The molecule has 0 spiro atoms. The summed E-state index contributed by atoms with van der Waals surface area (Å²) in [7, 11) is 0. The van der Waals surface area contributed by atoms with Gasteiger partial charge in [0.2, 0.25) is 0 Å². The van der Waals surface area contributed by atoms with E-state index >= 15 is 0 Å². The molecular weight excluding hydrogens is 255 g/mol. The van der Waals surface area contributed by atoms with Gasteiger partial charge in [0, 0.05) is 11.5 Å². The molecule has 1 aliphatic heterocycles. The number of aromatic hydroxyl groups is 1. The minimum Gasteiger partial charge on any atom is -0.505 e. The average Bonchev–Trinajstić information content (AvgIpc) is 2.32. The standard InChI is InChI=1S/C13H15FO5/c1-13(2)18-5-8(6-19-13)9-3-7(12(16)17)4-10(14)11(9)15/h3-4,8,15H,5-6H2,1-2H3,(H,16,17). The maximum Gasteiger partial charge on any atom is 0.335 e. The van der Waals surface area contributed by atoms with Crippen LogP contribution < -0.4 is 0 Å². The Morgan fingerprint density at radius 3 is 2.47 bits per heavy atom. The number of hydrogen-bond donors (Lipinski definition) is 2. The molecule has 0 saturated carbocycles. The Bertz CT molecular complexity index is 502. The number of aromatic carboxylic acids is 1. The van der Waals surface area contributed by atoms with E-state index in [4.69, 9.17) is 14.6 Å². The monoisotopic (exact) mass is 270 g/mol. The van der Waals surface area contributed by atoms with E-state index < -0.39 is 29.2 Å².